The van der Waals surface area contributed by atoms with Crippen molar-refractivity contribution < 1.29 is 4.39 Å². The first-order valence-corrected chi connectivity index (χ1v) is 7.98. The van der Waals surface area contributed by atoms with Gasteiger partial charge >= 0.3 is 0 Å². The van der Waals surface area contributed by atoms with E-state index >= 15 is 0 Å². The maximum atomic E-state index is 13.7. The van der Waals surface area contributed by atoms with Crippen LogP contribution >= 0.6 is 0 Å². The van der Waals surface area contributed by atoms with Gasteiger partial charge in [0.2, 0.25) is 0 Å². The third kappa shape index (κ3) is 5.22. The first-order chi connectivity index (χ1) is 11.6. The van der Waals surface area contributed by atoms with Gasteiger partial charge in [-0.2, -0.15) is 0 Å². The van der Waals surface area contributed by atoms with Crippen molar-refractivity contribution in [3.63, 3.8) is 0 Å². The molecular weight excluding hydrogens is 305 g/mol. The average Bonchev–Trinajstić information content (AvgIpc) is 2.59. The first-order valence-electron chi connectivity index (χ1n) is 7.98. The highest BCUT2D eigenvalue weighted by molar-refractivity contribution is 5.79. The number of hydrogen-bond donors (Lipinski definition) is 2. The molecule has 6 heteroatoms. The lowest BCUT2D eigenvalue weighted by Crippen LogP contribution is -2.37. The van der Waals surface area contributed by atoms with Crippen molar-refractivity contribution in [2.45, 2.75) is 20.0 Å². The molecule has 0 saturated heterocycles. The first kappa shape index (κ1) is 17.7. The van der Waals surface area contributed by atoms with E-state index in [0.717, 1.165) is 17.9 Å². The second-order valence-electron chi connectivity index (χ2n) is 5.56. The molecule has 2 aromatic rings. The molecule has 1 heterocycles. The van der Waals surface area contributed by atoms with Crippen molar-refractivity contribution >= 4 is 11.8 Å². The highest BCUT2D eigenvalue weighted by Crippen LogP contribution is 2.10. The van der Waals surface area contributed by atoms with Crippen molar-refractivity contribution in [3.8, 4) is 0 Å². The molecule has 0 saturated carbocycles. The summed E-state index contributed by atoms with van der Waals surface area (Å²) in [5, 5.41) is 6.33. The Hall–Kier alpha value is -2.63. The lowest BCUT2D eigenvalue weighted by molar-refractivity contribution is 0.604. The summed E-state index contributed by atoms with van der Waals surface area (Å²) in [6.07, 6.45) is 1.78. The molecule has 0 spiro atoms. The van der Waals surface area contributed by atoms with E-state index < -0.39 is 0 Å². The third-order valence-corrected chi connectivity index (χ3v) is 3.44. The van der Waals surface area contributed by atoms with E-state index in [-0.39, 0.29) is 5.82 Å². The van der Waals surface area contributed by atoms with E-state index in [4.69, 9.17) is 0 Å². The molecule has 24 heavy (non-hydrogen) atoms. The van der Waals surface area contributed by atoms with Crippen LogP contribution in [0.5, 0.6) is 0 Å². The second-order valence-corrected chi connectivity index (χ2v) is 5.56. The monoisotopic (exact) mass is 329 g/mol. The Labute approximate surface area is 142 Å². The number of anilines is 1. The van der Waals surface area contributed by atoms with E-state index in [2.05, 4.69) is 20.6 Å². The summed E-state index contributed by atoms with van der Waals surface area (Å²) < 4.78 is 13.7. The number of nitrogens with zero attached hydrogens (tertiary/aromatic N) is 3. The van der Waals surface area contributed by atoms with Gasteiger partial charge in [0.05, 0.1) is 6.54 Å². The summed E-state index contributed by atoms with van der Waals surface area (Å²) in [5.74, 6) is 1.33. The van der Waals surface area contributed by atoms with Gasteiger partial charge in [-0.15, -0.1) is 0 Å². The number of halogens is 1. The molecule has 128 valence electrons. The van der Waals surface area contributed by atoms with Crippen molar-refractivity contribution in [3.05, 3.63) is 59.5 Å². The molecule has 0 amide bonds. The van der Waals surface area contributed by atoms with Gasteiger partial charge in [-0.3, -0.25) is 0 Å². The molecule has 0 fully saturated rings. The summed E-state index contributed by atoms with van der Waals surface area (Å²) in [7, 11) is 3.91. The summed E-state index contributed by atoms with van der Waals surface area (Å²) >= 11 is 0. The van der Waals surface area contributed by atoms with Crippen LogP contribution in [-0.2, 0) is 13.1 Å². The zero-order valence-electron chi connectivity index (χ0n) is 14.4. The quantitative estimate of drug-likeness (QED) is 0.632. The standard InChI is InChI=1S/C18H24FN5/c1-4-20-18(23-13-15-7-5-6-8-16(15)19)22-12-14-9-10-21-17(11-14)24(2)3/h5-11H,4,12-13H2,1-3H3,(H2,20,22,23). The average molecular weight is 329 g/mol. The Bertz CT molecular complexity index is 685. The van der Waals surface area contributed by atoms with Crippen molar-refractivity contribution in [1.82, 2.24) is 15.6 Å². The predicted molar refractivity (Wildman–Crippen MR) is 96.6 cm³/mol. The number of benzene rings is 1. The maximum absolute atomic E-state index is 13.7. The Morgan fingerprint density at radius 3 is 2.71 bits per heavy atom. The number of aliphatic imine (C=N–C) groups is 1. The number of guanidine groups is 1. The van der Waals surface area contributed by atoms with E-state index in [1.54, 1.807) is 18.3 Å². The fourth-order valence-corrected chi connectivity index (χ4v) is 2.14. The topological polar surface area (TPSA) is 52.6 Å². The van der Waals surface area contributed by atoms with Gasteiger partial charge in [0.1, 0.15) is 11.6 Å². The molecule has 0 aliphatic rings. The van der Waals surface area contributed by atoms with Gasteiger partial charge in [-0.1, -0.05) is 18.2 Å². The zero-order valence-corrected chi connectivity index (χ0v) is 14.4. The third-order valence-electron chi connectivity index (χ3n) is 3.44. The Morgan fingerprint density at radius 1 is 1.21 bits per heavy atom. The molecule has 1 aromatic carbocycles. The minimum absolute atomic E-state index is 0.217. The molecule has 0 unspecified atom stereocenters. The Kier molecular flexibility index (Phi) is 6.54. The molecule has 0 bridgehead atoms. The van der Waals surface area contributed by atoms with Crippen LogP contribution in [0.1, 0.15) is 18.1 Å². The van der Waals surface area contributed by atoms with Crippen molar-refractivity contribution in [2.24, 2.45) is 4.99 Å². The highest BCUT2D eigenvalue weighted by Gasteiger charge is 2.03. The van der Waals surface area contributed by atoms with Gasteiger partial charge in [0.25, 0.3) is 0 Å². The SMILES string of the molecule is CCNC(=NCc1ccnc(N(C)C)c1)NCc1ccccc1F. The van der Waals surface area contributed by atoms with Gasteiger partial charge < -0.3 is 15.5 Å². The van der Waals surface area contributed by atoms with Crippen LogP contribution in [0.25, 0.3) is 0 Å². The number of nitrogens with one attached hydrogen (secondary N) is 2. The number of pyridine rings is 1. The molecular formula is C18H24FN5. The fourth-order valence-electron chi connectivity index (χ4n) is 2.14. The van der Waals surface area contributed by atoms with E-state index in [1.807, 2.05) is 44.1 Å². The van der Waals surface area contributed by atoms with Crippen molar-refractivity contribution in [2.75, 3.05) is 25.5 Å². The molecule has 5 nitrogen and oxygen atoms in total. The van der Waals surface area contributed by atoms with Crippen LogP contribution in [-0.4, -0.2) is 31.6 Å². The fraction of sp³-hybridized carbons (Fsp3) is 0.333. The molecule has 0 atom stereocenters. The van der Waals surface area contributed by atoms with Crippen LogP contribution < -0.4 is 15.5 Å². The second kappa shape index (κ2) is 8.86. The van der Waals surface area contributed by atoms with Crippen LogP contribution in [0.2, 0.25) is 0 Å². The lowest BCUT2D eigenvalue weighted by atomic mass is 10.2. The highest BCUT2D eigenvalue weighted by atomic mass is 19.1. The van der Waals surface area contributed by atoms with Crippen molar-refractivity contribution in [1.29, 1.82) is 0 Å². The molecule has 0 aliphatic carbocycles. The van der Waals surface area contributed by atoms with Crippen LogP contribution in [0.4, 0.5) is 10.2 Å². The predicted octanol–water partition coefficient (Wildman–Crippen LogP) is 2.54. The van der Waals surface area contributed by atoms with Crippen LogP contribution in [0, 0.1) is 5.82 Å². The van der Waals surface area contributed by atoms with Gasteiger partial charge in [-0.25, -0.2) is 14.4 Å². The Morgan fingerprint density at radius 2 is 2.00 bits per heavy atom. The molecule has 0 radical (unpaired) electrons. The smallest absolute Gasteiger partial charge is 0.191 e. The molecule has 0 aliphatic heterocycles. The summed E-state index contributed by atoms with van der Waals surface area (Å²) in [6.45, 7) is 3.65. The summed E-state index contributed by atoms with van der Waals surface area (Å²) in [5.41, 5.74) is 1.68. The normalized spacial score (nSPS) is 11.2. The minimum atomic E-state index is -0.217. The van der Waals surface area contributed by atoms with Crippen LogP contribution in [0.15, 0.2) is 47.6 Å². The molecule has 2 N–H and O–H groups in total. The number of rotatable bonds is 6. The molecule has 2 rings (SSSR count). The molecule has 1 aromatic heterocycles. The number of hydrogen-bond acceptors (Lipinski definition) is 3. The number of aromatic nitrogens is 1. The summed E-state index contributed by atoms with van der Waals surface area (Å²) in [4.78, 5) is 10.8. The van der Waals surface area contributed by atoms with Gasteiger partial charge in [-0.05, 0) is 30.7 Å². The largest absolute Gasteiger partial charge is 0.363 e. The van der Waals surface area contributed by atoms with E-state index in [0.29, 0.717) is 24.6 Å². The van der Waals surface area contributed by atoms with Gasteiger partial charge in [0, 0.05) is 38.9 Å². The van der Waals surface area contributed by atoms with E-state index in [9.17, 15) is 4.39 Å². The lowest BCUT2D eigenvalue weighted by Gasteiger charge is -2.13. The minimum Gasteiger partial charge on any atom is -0.363 e. The van der Waals surface area contributed by atoms with Crippen LogP contribution in [0.3, 0.4) is 0 Å². The van der Waals surface area contributed by atoms with Gasteiger partial charge in [0.15, 0.2) is 5.96 Å². The maximum Gasteiger partial charge on any atom is 0.191 e. The Balaban J connectivity index is 2.02. The zero-order chi connectivity index (χ0) is 17.4. The summed E-state index contributed by atoms with van der Waals surface area (Å²) in [6, 6.07) is 10.7. The van der Waals surface area contributed by atoms with E-state index in [1.165, 1.54) is 6.07 Å².